The molecule has 7 nitrogen and oxygen atoms in total. The largest absolute Gasteiger partial charge is 0.387 e. The van der Waals surface area contributed by atoms with Gasteiger partial charge in [0.1, 0.15) is 6.10 Å². The van der Waals surface area contributed by atoms with Gasteiger partial charge < -0.3 is 15.5 Å². The molecule has 0 fully saturated rings. The number of aliphatic hydroxyl groups excluding tert-OH is 2. The molecule has 49 heavy (non-hydrogen) atoms. The molecule has 0 aliphatic rings. The van der Waals surface area contributed by atoms with E-state index in [1.165, 1.54) is 147 Å². The lowest BCUT2D eigenvalue weighted by Crippen LogP contribution is -2.50. The fourth-order valence-corrected chi connectivity index (χ4v) is 7.03. The highest BCUT2D eigenvalue weighted by atomic mass is 32.2. The number of nitrogens with one attached hydrogen (secondary N) is 1. The van der Waals surface area contributed by atoms with Gasteiger partial charge in [-0.2, -0.15) is 8.42 Å². The molecular weight excluding hydrogens is 635 g/mol. The number of carbonyl (C=O) groups is 1. The first kappa shape index (κ1) is 47.8. The van der Waals surface area contributed by atoms with Crippen molar-refractivity contribution in [3.05, 3.63) is 24.3 Å². The third-order valence-corrected chi connectivity index (χ3v) is 10.3. The summed E-state index contributed by atoms with van der Waals surface area (Å²) >= 11 is 0. The molecule has 0 saturated carbocycles. The Balaban J connectivity index is 4.08. The molecule has 0 radical (unpaired) electrons. The first-order valence-corrected chi connectivity index (χ1v) is 22.3. The number of unbranched alkanes of at least 4 members (excludes halogenated alkanes) is 26. The van der Waals surface area contributed by atoms with Crippen LogP contribution in [-0.2, 0) is 14.9 Å². The summed E-state index contributed by atoms with van der Waals surface area (Å²) in [4.78, 5) is 12.6. The van der Waals surface area contributed by atoms with Gasteiger partial charge in [0.15, 0.2) is 0 Å². The van der Waals surface area contributed by atoms with Crippen molar-refractivity contribution >= 4 is 16.0 Å². The van der Waals surface area contributed by atoms with E-state index in [2.05, 4.69) is 31.3 Å². The summed E-state index contributed by atoms with van der Waals surface area (Å²) in [6.07, 6.45) is 40.9. The van der Waals surface area contributed by atoms with Gasteiger partial charge in [-0.15, -0.1) is 0 Å². The number of hydrogen-bond acceptors (Lipinski definition) is 5. The van der Waals surface area contributed by atoms with E-state index in [0.29, 0.717) is 12.8 Å². The van der Waals surface area contributed by atoms with Crippen molar-refractivity contribution < 1.29 is 28.0 Å². The average Bonchev–Trinajstić information content (AvgIpc) is 3.06. The van der Waals surface area contributed by atoms with Gasteiger partial charge in [0, 0.05) is 0 Å². The summed E-state index contributed by atoms with van der Waals surface area (Å²) in [5, 5.41) is 23.4. The monoisotopic (exact) mass is 714 g/mol. The van der Waals surface area contributed by atoms with E-state index in [0.717, 1.165) is 32.1 Å². The summed E-state index contributed by atoms with van der Waals surface area (Å²) in [5.41, 5.74) is 0. The van der Waals surface area contributed by atoms with E-state index in [9.17, 15) is 28.0 Å². The van der Waals surface area contributed by atoms with Crippen LogP contribution in [0.5, 0.6) is 0 Å². The molecule has 4 N–H and O–H groups in total. The van der Waals surface area contributed by atoms with Gasteiger partial charge in [-0.05, 0) is 32.1 Å². The van der Waals surface area contributed by atoms with Crippen molar-refractivity contribution in [3.8, 4) is 0 Å². The highest BCUT2D eigenvalue weighted by molar-refractivity contribution is 7.85. The normalized spacial score (nSPS) is 14.1. The summed E-state index contributed by atoms with van der Waals surface area (Å²) < 4.78 is 32.5. The molecule has 0 rings (SSSR count). The number of carbonyl (C=O) groups excluding carboxylic acids is 1. The molecule has 0 aromatic carbocycles. The molecule has 0 saturated heterocycles. The number of amides is 1. The zero-order valence-electron chi connectivity index (χ0n) is 31.9. The van der Waals surface area contributed by atoms with Crippen molar-refractivity contribution in [3.63, 3.8) is 0 Å². The second kappa shape index (κ2) is 35.2. The highest BCUT2D eigenvalue weighted by Crippen LogP contribution is 2.15. The minimum atomic E-state index is -4.45. The molecule has 0 heterocycles. The van der Waals surface area contributed by atoms with Crippen molar-refractivity contribution in [2.24, 2.45) is 0 Å². The van der Waals surface area contributed by atoms with Crippen molar-refractivity contribution in [1.29, 1.82) is 0 Å². The molecule has 0 spiro atoms. The Morgan fingerprint density at radius 3 is 1.35 bits per heavy atom. The Bertz CT molecular complexity index is 890. The van der Waals surface area contributed by atoms with Gasteiger partial charge in [0.2, 0.25) is 5.91 Å². The zero-order chi connectivity index (χ0) is 36.3. The van der Waals surface area contributed by atoms with Gasteiger partial charge >= 0.3 is 0 Å². The smallest absolute Gasteiger partial charge is 0.267 e. The van der Waals surface area contributed by atoms with Gasteiger partial charge in [-0.3, -0.25) is 9.35 Å². The zero-order valence-corrected chi connectivity index (χ0v) is 32.8. The van der Waals surface area contributed by atoms with Crippen LogP contribution in [0.25, 0.3) is 0 Å². The van der Waals surface area contributed by atoms with E-state index in [-0.39, 0.29) is 6.42 Å². The number of aliphatic hydroxyl groups is 2. The lowest BCUT2D eigenvalue weighted by atomic mass is 10.0. The predicted octanol–water partition coefficient (Wildman–Crippen LogP) is 10.9. The number of allylic oxidation sites excluding steroid dienone is 3. The minimum absolute atomic E-state index is 0.278. The van der Waals surface area contributed by atoms with Crippen LogP contribution in [0.2, 0.25) is 0 Å². The third-order valence-electron chi connectivity index (χ3n) is 9.49. The number of hydrogen-bond donors (Lipinski definition) is 4. The summed E-state index contributed by atoms with van der Waals surface area (Å²) in [6, 6.07) is -1.24. The Morgan fingerprint density at radius 1 is 0.551 bits per heavy atom. The van der Waals surface area contributed by atoms with Gasteiger partial charge in [-0.25, -0.2) is 0 Å². The predicted molar refractivity (Wildman–Crippen MR) is 208 cm³/mol. The van der Waals surface area contributed by atoms with Gasteiger partial charge in [-0.1, -0.05) is 199 Å². The van der Waals surface area contributed by atoms with Crippen LogP contribution in [0.1, 0.15) is 206 Å². The molecular formula is C41H79NO6S. The van der Waals surface area contributed by atoms with E-state index in [1.54, 1.807) is 6.08 Å². The van der Waals surface area contributed by atoms with Gasteiger partial charge in [0.05, 0.1) is 17.9 Å². The molecule has 3 atom stereocenters. The van der Waals surface area contributed by atoms with Crippen LogP contribution in [0.4, 0.5) is 0 Å². The molecule has 3 unspecified atom stereocenters. The molecule has 290 valence electrons. The lowest BCUT2D eigenvalue weighted by molar-refractivity contribution is -0.130. The van der Waals surface area contributed by atoms with Crippen LogP contribution < -0.4 is 5.32 Å². The van der Waals surface area contributed by atoms with Crippen molar-refractivity contribution in [2.45, 2.75) is 225 Å². The van der Waals surface area contributed by atoms with Crippen molar-refractivity contribution in [2.75, 3.05) is 5.75 Å². The molecule has 0 aromatic heterocycles. The standard InChI is InChI=1S/C41H79NO6S/c1-3-5-7-9-11-13-15-17-19-20-21-22-24-25-27-29-31-33-35-39(43)38(37-49(46,47)48)42-41(45)40(44)36-34-32-30-28-26-23-18-16-14-12-10-8-6-4-2/h25,27,33,35,38-40,43-44H,3-24,26,28-32,34,36-37H2,1-2H3,(H,42,45)(H,46,47,48)/b27-25+,35-33+. The quantitative estimate of drug-likeness (QED) is 0.0289. The maximum absolute atomic E-state index is 12.6. The second-order valence-electron chi connectivity index (χ2n) is 14.4. The lowest BCUT2D eigenvalue weighted by Gasteiger charge is -2.22. The number of rotatable bonds is 37. The maximum atomic E-state index is 12.6. The topological polar surface area (TPSA) is 124 Å². The molecule has 8 heteroatoms. The Labute approximate surface area is 303 Å². The van der Waals surface area contributed by atoms with E-state index < -0.39 is 40.0 Å². The van der Waals surface area contributed by atoms with Crippen LogP contribution >= 0.6 is 0 Å². The first-order valence-electron chi connectivity index (χ1n) is 20.6. The van der Waals surface area contributed by atoms with E-state index >= 15 is 0 Å². The second-order valence-corrected chi connectivity index (χ2v) is 15.9. The van der Waals surface area contributed by atoms with Crippen LogP contribution in [-0.4, -0.2) is 53.1 Å². The van der Waals surface area contributed by atoms with Crippen molar-refractivity contribution in [1.82, 2.24) is 5.32 Å². The summed E-state index contributed by atoms with van der Waals surface area (Å²) in [6.45, 7) is 4.51. The Kier molecular flexibility index (Phi) is 34.3. The van der Waals surface area contributed by atoms with Crippen LogP contribution in [0.3, 0.4) is 0 Å². The molecule has 0 aromatic rings. The molecule has 0 aliphatic heterocycles. The Hall–Kier alpha value is -1.22. The van der Waals surface area contributed by atoms with Gasteiger partial charge in [0.25, 0.3) is 10.1 Å². The Morgan fingerprint density at radius 2 is 0.918 bits per heavy atom. The molecule has 1 amide bonds. The minimum Gasteiger partial charge on any atom is -0.387 e. The average molecular weight is 714 g/mol. The fourth-order valence-electron chi connectivity index (χ4n) is 6.30. The third kappa shape index (κ3) is 35.0. The fraction of sp³-hybridized carbons (Fsp3) is 0.878. The molecule has 0 bridgehead atoms. The maximum Gasteiger partial charge on any atom is 0.267 e. The van der Waals surface area contributed by atoms with Crippen LogP contribution in [0.15, 0.2) is 24.3 Å². The van der Waals surface area contributed by atoms with Crippen LogP contribution in [0, 0.1) is 0 Å². The summed E-state index contributed by atoms with van der Waals surface area (Å²) in [7, 11) is -4.45. The summed E-state index contributed by atoms with van der Waals surface area (Å²) in [5.74, 6) is -1.55. The SMILES string of the molecule is CCCCCCCCCCCCCC/C=C/CC/C=C/C(O)C(CS(=O)(=O)O)NC(=O)C(O)CCCCCCCCCCCCCCCC. The highest BCUT2D eigenvalue weighted by Gasteiger charge is 2.27. The molecule has 0 aliphatic carbocycles. The first-order chi connectivity index (χ1) is 23.7. The van der Waals surface area contributed by atoms with E-state index in [1.807, 2.05) is 0 Å². The van der Waals surface area contributed by atoms with E-state index in [4.69, 9.17) is 0 Å².